The lowest BCUT2D eigenvalue weighted by molar-refractivity contribution is 0.0901. The number of ketones is 1. The standard InChI is InChI=1S/C19H24ClN3O3S/c1-13-4-5-16(11-18(13)20)27(25,26)23-8-6-22(7-9-23)12-19(24)17-10-14(2)21-15(17)3/h4-5,10-11,21H,6-9,12H2,1-3H3. The Morgan fingerprint density at radius 3 is 2.33 bits per heavy atom. The van der Waals surface area contributed by atoms with E-state index in [9.17, 15) is 13.2 Å². The van der Waals surface area contributed by atoms with Gasteiger partial charge < -0.3 is 4.98 Å². The highest BCUT2D eigenvalue weighted by Crippen LogP contribution is 2.23. The van der Waals surface area contributed by atoms with Gasteiger partial charge in [0.1, 0.15) is 0 Å². The van der Waals surface area contributed by atoms with Gasteiger partial charge in [-0.3, -0.25) is 9.69 Å². The molecule has 0 unspecified atom stereocenters. The van der Waals surface area contributed by atoms with Crippen LogP contribution in [0.5, 0.6) is 0 Å². The zero-order valence-corrected chi connectivity index (χ0v) is 17.3. The number of halogens is 1. The Kier molecular flexibility index (Phi) is 5.76. The molecule has 0 atom stereocenters. The lowest BCUT2D eigenvalue weighted by Crippen LogP contribution is -2.49. The van der Waals surface area contributed by atoms with Crippen molar-refractivity contribution in [2.24, 2.45) is 0 Å². The Hall–Kier alpha value is -1.67. The molecule has 8 heteroatoms. The van der Waals surface area contributed by atoms with Crippen LogP contribution in [0, 0.1) is 20.8 Å². The van der Waals surface area contributed by atoms with E-state index in [0.717, 1.165) is 17.0 Å². The number of benzene rings is 1. The maximum absolute atomic E-state index is 12.8. The number of hydrogen-bond donors (Lipinski definition) is 1. The molecule has 1 saturated heterocycles. The molecule has 0 amide bonds. The second-order valence-corrected chi connectivity index (χ2v) is 9.35. The molecular formula is C19H24ClN3O3S. The van der Waals surface area contributed by atoms with Crippen LogP contribution in [-0.2, 0) is 10.0 Å². The second kappa shape index (κ2) is 7.75. The Balaban J connectivity index is 1.63. The fourth-order valence-corrected chi connectivity index (χ4v) is 5.01. The minimum absolute atomic E-state index is 0.0541. The second-order valence-electron chi connectivity index (χ2n) is 7.01. The Morgan fingerprint density at radius 2 is 1.78 bits per heavy atom. The maximum Gasteiger partial charge on any atom is 0.243 e. The molecular weight excluding hydrogens is 386 g/mol. The molecule has 1 aromatic heterocycles. The molecule has 27 heavy (non-hydrogen) atoms. The summed E-state index contributed by atoms with van der Waals surface area (Å²) in [6, 6.07) is 6.66. The van der Waals surface area contributed by atoms with Gasteiger partial charge in [-0.2, -0.15) is 4.31 Å². The molecule has 0 bridgehead atoms. The lowest BCUT2D eigenvalue weighted by Gasteiger charge is -2.33. The average molecular weight is 410 g/mol. The van der Waals surface area contributed by atoms with Gasteiger partial charge in [0.2, 0.25) is 10.0 Å². The predicted molar refractivity (Wildman–Crippen MR) is 106 cm³/mol. The van der Waals surface area contributed by atoms with E-state index in [2.05, 4.69) is 4.98 Å². The summed E-state index contributed by atoms with van der Waals surface area (Å²) in [5, 5.41) is 0.442. The summed E-state index contributed by atoms with van der Waals surface area (Å²) in [6.07, 6.45) is 0. The van der Waals surface area contributed by atoms with Crippen LogP contribution in [0.3, 0.4) is 0 Å². The summed E-state index contributed by atoms with van der Waals surface area (Å²) in [7, 11) is -3.58. The lowest BCUT2D eigenvalue weighted by atomic mass is 10.1. The molecule has 0 radical (unpaired) electrons. The van der Waals surface area contributed by atoms with Crippen LogP contribution < -0.4 is 0 Å². The topological polar surface area (TPSA) is 73.5 Å². The van der Waals surface area contributed by atoms with Gasteiger partial charge in [0.15, 0.2) is 5.78 Å². The number of rotatable bonds is 5. The van der Waals surface area contributed by atoms with Crippen molar-refractivity contribution in [3.8, 4) is 0 Å². The van der Waals surface area contributed by atoms with Gasteiger partial charge in [-0.1, -0.05) is 17.7 Å². The first-order valence-corrected chi connectivity index (χ1v) is 10.7. The molecule has 1 aliphatic heterocycles. The first kappa shape index (κ1) is 20.1. The molecule has 1 aromatic carbocycles. The molecule has 0 spiro atoms. The number of aryl methyl sites for hydroxylation is 3. The predicted octanol–water partition coefficient (Wildman–Crippen LogP) is 2.78. The number of nitrogens with zero attached hydrogens (tertiary/aromatic N) is 2. The van der Waals surface area contributed by atoms with Crippen molar-refractivity contribution in [1.29, 1.82) is 0 Å². The van der Waals surface area contributed by atoms with Crippen molar-refractivity contribution in [3.05, 3.63) is 51.8 Å². The fourth-order valence-electron chi connectivity index (χ4n) is 3.31. The average Bonchev–Trinajstić information content (AvgIpc) is 2.96. The van der Waals surface area contributed by atoms with Crippen LogP contribution >= 0.6 is 11.6 Å². The number of carbonyl (C=O) groups excluding carboxylic acids is 1. The molecule has 3 rings (SSSR count). The molecule has 2 heterocycles. The van der Waals surface area contributed by atoms with Gasteiger partial charge in [0, 0.05) is 48.2 Å². The number of carbonyl (C=O) groups is 1. The Bertz CT molecular complexity index is 961. The Morgan fingerprint density at radius 1 is 1.11 bits per heavy atom. The summed E-state index contributed by atoms with van der Waals surface area (Å²) < 4.78 is 27.1. The zero-order chi connectivity index (χ0) is 19.8. The summed E-state index contributed by atoms with van der Waals surface area (Å²) in [6.45, 7) is 7.69. The minimum atomic E-state index is -3.58. The molecule has 2 aromatic rings. The van der Waals surface area contributed by atoms with Crippen LogP contribution in [0.15, 0.2) is 29.2 Å². The number of H-pyrrole nitrogens is 1. The van der Waals surface area contributed by atoms with Crippen molar-refractivity contribution in [3.63, 3.8) is 0 Å². The molecule has 0 saturated carbocycles. The van der Waals surface area contributed by atoms with Crippen LogP contribution in [-0.4, -0.2) is 61.1 Å². The van der Waals surface area contributed by atoms with Crippen LogP contribution in [0.4, 0.5) is 0 Å². The van der Waals surface area contributed by atoms with Crippen molar-refractivity contribution < 1.29 is 13.2 Å². The van der Waals surface area contributed by atoms with Gasteiger partial charge in [-0.15, -0.1) is 0 Å². The summed E-state index contributed by atoms with van der Waals surface area (Å²) in [4.78, 5) is 17.9. The molecule has 146 valence electrons. The van der Waals surface area contributed by atoms with Gasteiger partial charge in [0.05, 0.1) is 11.4 Å². The molecule has 1 N–H and O–H groups in total. The molecule has 1 fully saturated rings. The quantitative estimate of drug-likeness (QED) is 0.770. The highest BCUT2D eigenvalue weighted by Gasteiger charge is 2.29. The first-order valence-electron chi connectivity index (χ1n) is 8.86. The summed E-state index contributed by atoms with van der Waals surface area (Å²) >= 11 is 6.08. The maximum atomic E-state index is 12.8. The molecule has 6 nitrogen and oxygen atoms in total. The van der Waals surface area contributed by atoms with Gasteiger partial charge in [-0.25, -0.2) is 8.42 Å². The number of hydrogen-bond acceptors (Lipinski definition) is 4. The first-order chi connectivity index (χ1) is 12.7. The normalized spacial score (nSPS) is 16.6. The zero-order valence-electron chi connectivity index (χ0n) is 15.8. The summed E-state index contributed by atoms with van der Waals surface area (Å²) in [5.74, 6) is 0.0541. The van der Waals surface area contributed by atoms with Crippen molar-refractivity contribution in [2.75, 3.05) is 32.7 Å². The number of aromatic nitrogens is 1. The third kappa shape index (κ3) is 4.27. The van der Waals surface area contributed by atoms with Crippen molar-refractivity contribution >= 4 is 27.4 Å². The highest BCUT2D eigenvalue weighted by atomic mass is 35.5. The number of aromatic amines is 1. The third-order valence-corrected chi connectivity index (χ3v) is 7.23. The van der Waals surface area contributed by atoms with Crippen molar-refractivity contribution in [2.45, 2.75) is 25.7 Å². The van der Waals surface area contributed by atoms with Gasteiger partial charge in [0.25, 0.3) is 0 Å². The van der Waals surface area contributed by atoms with E-state index in [1.807, 2.05) is 31.7 Å². The fraction of sp³-hybridized carbons (Fsp3) is 0.421. The largest absolute Gasteiger partial charge is 0.362 e. The van der Waals surface area contributed by atoms with Crippen LogP contribution in [0.1, 0.15) is 27.3 Å². The minimum Gasteiger partial charge on any atom is -0.362 e. The Labute approximate surface area is 165 Å². The SMILES string of the molecule is Cc1cc(C(=O)CN2CCN(S(=O)(=O)c3ccc(C)c(Cl)c3)CC2)c(C)[nH]1. The van der Waals surface area contributed by atoms with Gasteiger partial charge in [-0.05, 0) is 44.5 Å². The highest BCUT2D eigenvalue weighted by molar-refractivity contribution is 7.89. The van der Waals surface area contributed by atoms with Crippen LogP contribution in [0.2, 0.25) is 5.02 Å². The van der Waals surface area contributed by atoms with E-state index in [1.165, 1.54) is 10.4 Å². The smallest absolute Gasteiger partial charge is 0.243 e. The number of sulfonamides is 1. The number of nitrogens with one attached hydrogen (secondary N) is 1. The van der Waals surface area contributed by atoms with E-state index in [4.69, 9.17) is 11.6 Å². The van der Waals surface area contributed by atoms with Crippen LogP contribution in [0.25, 0.3) is 0 Å². The van der Waals surface area contributed by atoms with E-state index < -0.39 is 10.0 Å². The van der Waals surface area contributed by atoms with Crippen molar-refractivity contribution in [1.82, 2.24) is 14.2 Å². The molecule has 1 aliphatic rings. The monoisotopic (exact) mass is 409 g/mol. The van der Waals surface area contributed by atoms with E-state index >= 15 is 0 Å². The summed E-state index contributed by atoms with van der Waals surface area (Å²) in [5.41, 5.74) is 3.38. The molecule has 0 aliphatic carbocycles. The third-order valence-electron chi connectivity index (χ3n) is 4.93. The van der Waals surface area contributed by atoms with E-state index in [1.54, 1.807) is 12.1 Å². The van der Waals surface area contributed by atoms with E-state index in [-0.39, 0.29) is 10.7 Å². The van der Waals surface area contributed by atoms with Gasteiger partial charge >= 0.3 is 0 Å². The number of piperazine rings is 1. The number of Topliss-reactive ketones (excluding diaryl/α,β-unsaturated/α-hetero) is 1. The van der Waals surface area contributed by atoms with E-state index in [0.29, 0.717) is 43.3 Å².